The number of anilines is 1. The van der Waals surface area contributed by atoms with Crippen molar-refractivity contribution in [2.24, 2.45) is 0 Å². The van der Waals surface area contributed by atoms with Crippen molar-refractivity contribution in [3.8, 4) is 5.75 Å². The van der Waals surface area contributed by atoms with E-state index in [2.05, 4.69) is 10.4 Å². The molecule has 1 heterocycles. The second-order valence-electron chi connectivity index (χ2n) is 5.71. The SMILES string of the molecule is Cc1ccccc1NC(=O)c1ccc(=O)n(CCOc2ccccc2)n1. The molecule has 0 aliphatic rings. The number of hydrogen-bond acceptors (Lipinski definition) is 4. The minimum atomic E-state index is -0.364. The highest BCUT2D eigenvalue weighted by atomic mass is 16.5. The molecule has 2 aromatic carbocycles. The summed E-state index contributed by atoms with van der Waals surface area (Å²) in [5.74, 6) is 0.353. The van der Waals surface area contributed by atoms with Gasteiger partial charge in [0.15, 0.2) is 0 Å². The first kappa shape index (κ1) is 17.4. The fourth-order valence-corrected chi connectivity index (χ4v) is 2.40. The number of hydrogen-bond donors (Lipinski definition) is 1. The van der Waals surface area contributed by atoms with E-state index in [-0.39, 0.29) is 30.3 Å². The summed E-state index contributed by atoms with van der Waals surface area (Å²) in [5.41, 5.74) is 1.55. The molecule has 0 saturated heterocycles. The van der Waals surface area contributed by atoms with Crippen LogP contribution in [0.3, 0.4) is 0 Å². The van der Waals surface area contributed by atoms with Crippen LogP contribution in [0.25, 0.3) is 0 Å². The summed E-state index contributed by atoms with van der Waals surface area (Å²) in [6.07, 6.45) is 0. The molecule has 0 aliphatic carbocycles. The molecule has 0 aliphatic heterocycles. The van der Waals surface area contributed by atoms with Gasteiger partial charge in [-0.15, -0.1) is 0 Å². The van der Waals surface area contributed by atoms with Gasteiger partial charge in [-0.3, -0.25) is 9.59 Å². The molecule has 1 amide bonds. The van der Waals surface area contributed by atoms with Crippen molar-refractivity contribution in [3.05, 3.63) is 88.3 Å². The van der Waals surface area contributed by atoms with Crippen LogP contribution in [0.15, 0.2) is 71.5 Å². The maximum absolute atomic E-state index is 12.4. The van der Waals surface area contributed by atoms with E-state index >= 15 is 0 Å². The molecule has 0 saturated carbocycles. The molecule has 0 unspecified atom stereocenters. The lowest BCUT2D eigenvalue weighted by atomic mass is 10.2. The van der Waals surface area contributed by atoms with Crippen molar-refractivity contribution in [2.75, 3.05) is 11.9 Å². The standard InChI is InChI=1S/C20H19N3O3/c1-15-7-5-6-10-17(15)21-20(25)18-11-12-19(24)23(22-18)13-14-26-16-8-3-2-4-9-16/h2-12H,13-14H2,1H3,(H,21,25). The number of benzene rings is 2. The molecule has 0 radical (unpaired) electrons. The van der Waals surface area contributed by atoms with Gasteiger partial charge in [0.05, 0.1) is 6.54 Å². The highest BCUT2D eigenvalue weighted by molar-refractivity contribution is 6.03. The minimum absolute atomic E-state index is 0.174. The topological polar surface area (TPSA) is 73.2 Å². The van der Waals surface area contributed by atoms with Crippen LogP contribution in [0.5, 0.6) is 5.75 Å². The number of aromatic nitrogens is 2. The number of aryl methyl sites for hydroxylation is 1. The molecule has 0 bridgehead atoms. The predicted octanol–water partition coefficient (Wildman–Crippen LogP) is 2.88. The number of nitrogens with zero attached hydrogens (tertiary/aromatic N) is 2. The molecule has 0 fully saturated rings. The fourth-order valence-electron chi connectivity index (χ4n) is 2.40. The zero-order chi connectivity index (χ0) is 18.4. The Morgan fingerprint density at radius 3 is 2.54 bits per heavy atom. The van der Waals surface area contributed by atoms with Crippen LogP contribution in [-0.2, 0) is 6.54 Å². The molecular weight excluding hydrogens is 330 g/mol. The molecule has 0 atom stereocenters. The number of para-hydroxylation sites is 2. The van der Waals surface area contributed by atoms with E-state index in [9.17, 15) is 9.59 Å². The molecule has 0 spiro atoms. The Kier molecular flexibility index (Phi) is 5.43. The van der Waals surface area contributed by atoms with Crippen LogP contribution in [-0.4, -0.2) is 22.3 Å². The largest absolute Gasteiger partial charge is 0.492 e. The lowest BCUT2D eigenvalue weighted by molar-refractivity contribution is 0.101. The van der Waals surface area contributed by atoms with Gasteiger partial charge < -0.3 is 10.1 Å². The summed E-state index contributed by atoms with van der Waals surface area (Å²) < 4.78 is 6.81. The van der Waals surface area contributed by atoms with Crippen molar-refractivity contribution in [2.45, 2.75) is 13.5 Å². The molecule has 6 heteroatoms. The third kappa shape index (κ3) is 4.36. The summed E-state index contributed by atoms with van der Waals surface area (Å²) in [7, 11) is 0. The summed E-state index contributed by atoms with van der Waals surface area (Å²) >= 11 is 0. The average molecular weight is 349 g/mol. The van der Waals surface area contributed by atoms with Crippen LogP contribution >= 0.6 is 0 Å². The van der Waals surface area contributed by atoms with Gasteiger partial charge in [-0.25, -0.2) is 4.68 Å². The summed E-state index contributed by atoms with van der Waals surface area (Å²) in [5, 5.41) is 6.95. The Labute approximate surface area is 151 Å². The van der Waals surface area contributed by atoms with Crippen molar-refractivity contribution in [1.82, 2.24) is 9.78 Å². The zero-order valence-electron chi connectivity index (χ0n) is 14.4. The monoisotopic (exact) mass is 349 g/mol. The summed E-state index contributed by atoms with van der Waals surface area (Å²) in [6.45, 7) is 2.43. The number of rotatable bonds is 6. The van der Waals surface area contributed by atoms with E-state index in [1.807, 2.05) is 61.5 Å². The first-order chi connectivity index (χ1) is 12.6. The molecular formula is C20H19N3O3. The maximum atomic E-state index is 12.4. The van der Waals surface area contributed by atoms with E-state index < -0.39 is 0 Å². The normalized spacial score (nSPS) is 10.3. The van der Waals surface area contributed by atoms with Crippen LogP contribution in [0.1, 0.15) is 16.1 Å². The number of carbonyl (C=O) groups excluding carboxylic acids is 1. The number of nitrogens with one attached hydrogen (secondary N) is 1. The van der Waals surface area contributed by atoms with Crippen LogP contribution < -0.4 is 15.6 Å². The molecule has 6 nitrogen and oxygen atoms in total. The average Bonchev–Trinajstić information content (AvgIpc) is 2.66. The van der Waals surface area contributed by atoms with E-state index in [1.165, 1.54) is 16.8 Å². The van der Waals surface area contributed by atoms with Gasteiger partial charge >= 0.3 is 0 Å². The van der Waals surface area contributed by atoms with E-state index in [1.54, 1.807) is 0 Å². The quantitative estimate of drug-likeness (QED) is 0.743. The zero-order valence-corrected chi connectivity index (χ0v) is 14.4. The molecule has 26 heavy (non-hydrogen) atoms. The van der Waals surface area contributed by atoms with Gasteiger partial charge in [-0.2, -0.15) is 5.10 Å². The van der Waals surface area contributed by atoms with E-state index in [0.29, 0.717) is 11.4 Å². The Hall–Kier alpha value is -3.41. The number of amides is 1. The van der Waals surface area contributed by atoms with E-state index in [0.717, 1.165) is 5.56 Å². The van der Waals surface area contributed by atoms with Crippen molar-refractivity contribution < 1.29 is 9.53 Å². The van der Waals surface area contributed by atoms with Crippen molar-refractivity contribution >= 4 is 11.6 Å². The second-order valence-corrected chi connectivity index (χ2v) is 5.71. The summed E-state index contributed by atoms with van der Waals surface area (Å²) in [6, 6.07) is 19.5. The number of carbonyl (C=O) groups is 1. The second kappa shape index (κ2) is 8.11. The molecule has 1 aromatic heterocycles. The maximum Gasteiger partial charge on any atom is 0.276 e. The van der Waals surface area contributed by atoms with Gasteiger partial charge in [0.25, 0.3) is 11.5 Å². The smallest absolute Gasteiger partial charge is 0.276 e. The lowest BCUT2D eigenvalue weighted by Gasteiger charge is -2.10. The van der Waals surface area contributed by atoms with E-state index in [4.69, 9.17) is 4.74 Å². The van der Waals surface area contributed by atoms with Crippen LogP contribution in [0.2, 0.25) is 0 Å². The first-order valence-corrected chi connectivity index (χ1v) is 8.26. The van der Waals surface area contributed by atoms with Gasteiger partial charge in [-0.1, -0.05) is 36.4 Å². The highest BCUT2D eigenvalue weighted by Gasteiger charge is 2.11. The highest BCUT2D eigenvalue weighted by Crippen LogP contribution is 2.14. The third-order valence-corrected chi connectivity index (χ3v) is 3.81. The Bertz CT molecular complexity index is 952. The first-order valence-electron chi connectivity index (χ1n) is 8.26. The minimum Gasteiger partial charge on any atom is -0.492 e. The molecule has 132 valence electrons. The fraction of sp³-hybridized carbons (Fsp3) is 0.150. The van der Waals surface area contributed by atoms with Crippen LogP contribution in [0, 0.1) is 6.92 Å². The molecule has 3 aromatic rings. The van der Waals surface area contributed by atoms with Gasteiger partial charge in [0.2, 0.25) is 0 Å². The van der Waals surface area contributed by atoms with Crippen molar-refractivity contribution in [1.29, 1.82) is 0 Å². The third-order valence-electron chi connectivity index (χ3n) is 3.81. The van der Waals surface area contributed by atoms with Gasteiger partial charge in [0.1, 0.15) is 18.1 Å². The molecule has 3 rings (SSSR count). The number of ether oxygens (including phenoxy) is 1. The van der Waals surface area contributed by atoms with Gasteiger partial charge in [-0.05, 0) is 36.8 Å². The Balaban J connectivity index is 1.68. The Morgan fingerprint density at radius 2 is 1.77 bits per heavy atom. The molecule has 1 N–H and O–H groups in total. The Morgan fingerprint density at radius 1 is 1.04 bits per heavy atom. The van der Waals surface area contributed by atoms with Crippen molar-refractivity contribution in [3.63, 3.8) is 0 Å². The predicted molar refractivity (Wildman–Crippen MR) is 99.6 cm³/mol. The summed E-state index contributed by atoms with van der Waals surface area (Å²) in [4.78, 5) is 24.4. The van der Waals surface area contributed by atoms with Crippen LogP contribution in [0.4, 0.5) is 5.69 Å². The lowest BCUT2D eigenvalue weighted by Crippen LogP contribution is -2.28. The van der Waals surface area contributed by atoms with Gasteiger partial charge in [0, 0.05) is 11.8 Å².